The maximum absolute atomic E-state index is 10.2. The van der Waals surface area contributed by atoms with Gasteiger partial charge in [-0.25, -0.2) is 0 Å². The van der Waals surface area contributed by atoms with Gasteiger partial charge in [-0.15, -0.1) is 0 Å². The fraction of sp³-hybridized carbons (Fsp3) is 0.625. The molecule has 4 nitrogen and oxygen atoms in total. The van der Waals surface area contributed by atoms with Crippen LogP contribution in [-0.2, 0) is 9.53 Å². The molecule has 0 aliphatic carbocycles. The van der Waals surface area contributed by atoms with E-state index < -0.39 is 5.91 Å². The molecule has 4 heteroatoms. The Balaban J connectivity index is 2.96. The van der Waals surface area contributed by atoms with Crippen LogP contribution in [0.1, 0.15) is 6.92 Å². The fourth-order valence-corrected chi connectivity index (χ4v) is 0.620. The highest BCUT2D eigenvalue weighted by atomic mass is 16.5. The maximum atomic E-state index is 10.2. The molecule has 12 heavy (non-hydrogen) atoms. The highest BCUT2D eigenvalue weighted by Gasteiger charge is 1.91. The lowest BCUT2D eigenvalue weighted by atomic mass is 10.5. The van der Waals surface area contributed by atoms with Crippen molar-refractivity contribution >= 4 is 5.91 Å². The summed E-state index contributed by atoms with van der Waals surface area (Å²) in [5.74, 6) is -0.427. The zero-order valence-electron chi connectivity index (χ0n) is 7.38. The molecule has 3 N–H and O–H groups in total. The van der Waals surface area contributed by atoms with Gasteiger partial charge < -0.3 is 15.8 Å². The van der Waals surface area contributed by atoms with Gasteiger partial charge in [0, 0.05) is 13.1 Å². The van der Waals surface area contributed by atoms with Crippen LogP contribution in [0, 0.1) is 0 Å². The van der Waals surface area contributed by atoms with Gasteiger partial charge in [0.2, 0.25) is 5.91 Å². The van der Waals surface area contributed by atoms with Crippen molar-refractivity contribution in [1.29, 1.82) is 0 Å². The first-order valence-electron chi connectivity index (χ1n) is 3.95. The number of ether oxygens (including phenoxy) is 1. The summed E-state index contributed by atoms with van der Waals surface area (Å²) >= 11 is 0. The van der Waals surface area contributed by atoms with E-state index in [4.69, 9.17) is 10.5 Å². The van der Waals surface area contributed by atoms with E-state index >= 15 is 0 Å². The first kappa shape index (κ1) is 11.1. The molecule has 0 aromatic rings. The Bertz CT molecular complexity index is 146. The lowest BCUT2D eigenvalue weighted by Gasteiger charge is -2.01. The quantitative estimate of drug-likeness (QED) is 0.407. The normalized spacial score (nSPS) is 10.8. The number of allylic oxidation sites excluding steroid dienone is 1. The third-order valence-corrected chi connectivity index (χ3v) is 1.17. The van der Waals surface area contributed by atoms with Crippen LogP contribution in [0.15, 0.2) is 12.2 Å². The predicted molar refractivity (Wildman–Crippen MR) is 47.7 cm³/mol. The molecule has 0 saturated heterocycles. The third-order valence-electron chi connectivity index (χ3n) is 1.17. The average Bonchev–Trinajstić information content (AvgIpc) is 2.02. The van der Waals surface area contributed by atoms with E-state index in [0.717, 1.165) is 13.1 Å². The van der Waals surface area contributed by atoms with Crippen LogP contribution in [0.2, 0.25) is 0 Å². The zero-order chi connectivity index (χ0) is 9.23. The molecule has 0 rings (SSSR count). The molecule has 0 aliphatic rings. The summed E-state index contributed by atoms with van der Waals surface area (Å²) in [6, 6.07) is 0. The number of carbonyl (C=O) groups excluding carboxylic acids is 1. The summed E-state index contributed by atoms with van der Waals surface area (Å²) in [5.41, 5.74) is 4.86. The number of primary amides is 1. The molecule has 0 aliphatic heterocycles. The molecule has 0 spiro atoms. The molecule has 0 unspecified atom stereocenters. The van der Waals surface area contributed by atoms with Crippen molar-refractivity contribution in [2.75, 3.05) is 26.3 Å². The minimum absolute atomic E-state index is 0.00526. The Hall–Kier alpha value is -0.870. The standard InChI is InChI=1S/C8H16N2O2/c1-2-3-4-10-5-6-12-7-8(9)11/h2-3,10H,4-7H2,1H3,(H2,9,11)/b3-2+. The summed E-state index contributed by atoms with van der Waals surface area (Å²) in [5, 5.41) is 3.10. The van der Waals surface area contributed by atoms with Gasteiger partial charge >= 0.3 is 0 Å². The number of hydrogen-bond donors (Lipinski definition) is 2. The van der Waals surface area contributed by atoms with E-state index in [0.29, 0.717) is 6.61 Å². The SMILES string of the molecule is C/C=C/CNCCOCC(N)=O. The van der Waals surface area contributed by atoms with Crippen LogP contribution in [0.5, 0.6) is 0 Å². The van der Waals surface area contributed by atoms with Crippen LogP contribution in [0.4, 0.5) is 0 Å². The fourth-order valence-electron chi connectivity index (χ4n) is 0.620. The van der Waals surface area contributed by atoms with Gasteiger partial charge in [-0.3, -0.25) is 4.79 Å². The molecule has 0 atom stereocenters. The number of nitrogens with two attached hydrogens (primary N) is 1. The number of nitrogens with one attached hydrogen (secondary N) is 1. The van der Waals surface area contributed by atoms with Crippen LogP contribution in [0.25, 0.3) is 0 Å². The highest BCUT2D eigenvalue weighted by molar-refractivity contribution is 5.74. The Labute approximate surface area is 72.8 Å². The molecular weight excluding hydrogens is 156 g/mol. The molecule has 0 aromatic heterocycles. The Morgan fingerprint density at radius 2 is 2.42 bits per heavy atom. The Morgan fingerprint density at radius 3 is 3.00 bits per heavy atom. The molecule has 0 aromatic carbocycles. The topological polar surface area (TPSA) is 64.3 Å². The summed E-state index contributed by atoms with van der Waals surface area (Å²) in [4.78, 5) is 10.2. The van der Waals surface area contributed by atoms with Gasteiger partial charge in [0.05, 0.1) is 6.61 Å². The summed E-state index contributed by atoms with van der Waals surface area (Å²) in [7, 11) is 0. The van der Waals surface area contributed by atoms with E-state index in [1.54, 1.807) is 0 Å². The second kappa shape index (κ2) is 8.23. The van der Waals surface area contributed by atoms with Crippen molar-refractivity contribution in [3.63, 3.8) is 0 Å². The van der Waals surface area contributed by atoms with Gasteiger partial charge in [0.15, 0.2) is 0 Å². The van der Waals surface area contributed by atoms with Crippen molar-refractivity contribution in [2.45, 2.75) is 6.92 Å². The molecule has 1 amide bonds. The molecule has 70 valence electrons. The number of amides is 1. The molecular formula is C8H16N2O2. The van der Waals surface area contributed by atoms with E-state index in [1.807, 2.05) is 19.1 Å². The number of hydrogen-bond acceptors (Lipinski definition) is 3. The van der Waals surface area contributed by atoms with Gasteiger partial charge in [-0.2, -0.15) is 0 Å². The van der Waals surface area contributed by atoms with Crippen LogP contribution >= 0.6 is 0 Å². The smallest absolute Gasteiger partial charge is 0.243 e. The Kier molecular flexibility index (Phi) is 7.63. The van der Waals surface area contributed by atoms with Gasteiger partial charge in [-0.05, 0) is 6.92 Å². The summed E-state index contributed by atoms with van der Waals surface area (Å²) in [6.07, 6.45) is 3.98. The first-order valence-corrected chi connectivity index (χ1v) is 3.95. The molecule has 0 heterocycles. The Morgan fingerprint density at radius 1 is 1.67 bits per heavy atom. The van der Waals surface area contributed by atoms with Crippen molar-refractivity contribution in [1.82, 2.24) is 5.32 Å². The van der Waals surface area contributed by atoms with Gasteiger partial charge in [-0.1, -0.05) is 12.2 Å². The highest BCUT2D eigenvalue weighted by Crippen LogP contribution is 1.72. The third kappa shape index (κ3) is 9.13. The van der Waals surface area contributed by atoms with Crippen molar-refractivity contribution in [2.24, 2.45) is 5.73 Å². The van der Waals surface area contributed by atoms with E-state index in [-0.39, 0.29) is 6.61 Å². The molecule has 0 bridgehead atoms. The van der Waals surface area contributed by atoms with E-state index in [9.17, 15) is 4.79 Å². The maximum Gasteiger partial charge on any atom is 0.243 e. The molecule has 0 fully saturated rings. The van der Waals surface area contributed by atoms with Crippen molar-refractivity contribution in [3.8, 4) is 0 Å². The van der Waals surface area contributed by atoms with Crippen LogP contribution in [-0.4, -0.2) is 32.2 Å². The minimum Gasteiger partial charge on any atom is -0.370 e. The summed E-state index contributed by atoms with van der Waals surface area (Å²) in [6.45, 7) is 4.05. The zero-order valence-corrected chi connectivity index (χ0v) is 7.38. The van der Waals surface area contributed by atoms with Crippen LogP contribution < -0.4 is 11.1 Å². The second-order valence-electron chi connectivity index (χ2n) is 2.29. The summed E-state index contributed by atoms with van der Waals surface area (Å²) < 4.78 is 4.91. The lowest BCUT2D eigenvalue weighted by molar-refractivity contribution is -0.122. The van der Waals surface area contributed by atoms with Gasteiger partial charge in [0.25, 0.3) is 0 Å². The van der Waals surface area contributed by atoms with Gasteiger partial charge in [0.1, 0.15) is 6.61 Å². The predicted octanol–water partition coefficient (Wildman–Crippen LogP) is -0.346. The first-order chi connectivity index (χ1) is 5.77. The minimum atomic E-state index is -0.427. The lowest BCUT2D eigenvalue weighted by Crippen LogP contribution is -2.24. The second-order valence-corrected chi connectivity index (χ2v) is 2.29. The number of carbonyl (C=O) groups is 1. The molecule has 0 saturated carbocycles. The molecule has 0 radical (unpaired) electrons. The number of rotatable bonds is 7. The van der Waals surface area contributed by atoms with Crippen LogP contribution in [0.3, 0.4) is 0 Å². The monoisotopic (exact) mass is 172 g/mol. The van der Waals surface area contributed by atoms with E-state index in [1.165, 1.54) is 0 Å². The van der Waals surface area contributed by atoms with E-state index in [2.05, 4.69) is 5.32 Å². The van der Waals surface area contributed by atoms with Crippen molar-refractivity contribution in [3.05, 3.63) is 12.2 Å². The van der Waals surface area contributed by atoms with Crippen molar-refractivity contribution < 1.29 is 9.53 Å². The average molecular weight is 172 g/mol. The largest absolute Gasteiger partial charge is 0.370 e.